The Morgan fingerprint density at radius 2 is 1.80 bits per heavy atom. The van der Waals surface area contributed by atoms with Gasteiger partial charge in [0, 0.05) is 5.56 Å². The highest BCUT2D eigenvalue weighted by Crippen LogP contribution is 2.22. The van der Waals surface area contributed by atoms with E-state index in [4.69, 9.17) is 27.9 Å². The molecule has 1 N–H and O–H groups in total. The van der Waals surface area contributed by atoms with Crippen molar-refractivity contribution in [3.05, 3.63) is 33.8 Å². The fraction of sp³-hybridized carbons (Fsp3) is 0.429. The summed E-state index contributed by atoms with van der Waals surface area (Å²) >= 11 is 11.6. The van der Waals surface area contributed by atoms with Crippen molar-refractivity contribution in [2.24, 2.45) is 0 Å². The quantitative estimate of drug-likeness (QED) is 0.869. The van der Waals surface area contributed by atoms with Crippen molar-refractivity contribution in [2.45, 2.75) is 39.3 Å². The number of halogens is 2. The highest BCUT2D eigenvalue weighted by atomic mass is 35.5. The second-order valence-corrected chi connectivity index (χ2v) is 6.17. The molecule has 1 aromatic rings. The lowest BCUT2D eigenvalue weighted by molar-refractivity contribution is -0.156. The Hall–Kier alpha value is -1.26. The second kappa shape index (κ2) is 6.46. The zero-order valence-electron chi connectivity index (χ0n) is 11.8. The molecule has 0 unspecified atom stereocenters. The molecule has 4 nitrogen and oxygen atoms in total. The number of amides is 1. The number of carbonyl (C=O) groups excluding carboxylic acids is 2. The van der Waals surface area contributed by atoms with Crippen LogP contribution in [0.15, 0.2) is 18.2 Å². The van der Waals surface area contributed by atoms with Gasteiger partial charge in [-0.3, -0.25) is 4.79 Å². The topological polar surface area (TPSA) is 55.4 Å². The van der Waals surface area contributed by atoms with Gasteiger partial charge in [-0.1, -0.05) is 23.2 Å². The first-order valence-electron chi connectivity index (χ1n) is 6.09. The molecule has 6 heteroatoms. The fourth-order valence-corrected chi connectivity index (χ4v) is 1.66. The standard InChI is InChI=1S/C14H17Cl2NO3/c1-8(13(19)20-14(2,3)4)17-12(18)9-5-6-10(15)11(16)7-9/h5-8H,1-4H3,(H,17,18)/t8-/m0/s1. The predicted octanol–water partition coefficient (Wildman–Crippen LogP) is 3.45. The van der Waals surface area contributed by atoms with Crippen LogP contribution in [0.25, 0.3) is 0 Å². The zero-order valence-corrected chi connectivity index (χ0v) is 13.3. The molecule has 0 radical (unpaired) electrons. The molecule has 0 aliphatic carbocycles. The highest BCUT2D eigenvalue weighted by Gasteiger charge is 2.23. The van der Waals surface area contributed by atoms with E-state index in [-0.39, 0.29) is 5.02 Å². The van der Waals surface area contributed by atoms with Crippen molar-refractivity contribution >= 4 is 35.1 Å². The molecule has 0 spiro atoms. The van der Waals surface area contributed by atoms with Crippen LogP contribution in [0.3, 0.4) is 0 Å². The van der Waals surface area contributed by atoms with Crippen LogP contribution in [-0.4, -0.2) is 23.5 Å². The Balaban J connectivity index is 2.70. The fourth-order valence-electron chi connectivity index (χ4n) is 1.37. The first-order valence-corrected chi connectivity index (χ1v) is 6.84. The minimum Gasteiger partial charge on any atom is -0.458 e. The van der Waals surface area contributed by atoms with Crippen molar-refractivity contribution in [3.8, 4) is 0 Å². The van der Waals surface area contributed by atoms with Gasteiger partial charge < -0.3 is 10.1 Å². The highest BCUT2D eigenvalue weighted by molar-refractivity contribution is 6.42. The smallest absolute Gasteiger partial charge is 0.328 e. The van der Waals surface area contributed by atoms with Gasteiger partial charge in [-0.15, -0.1) is 0 Å². The van der Waals surface area contributed by atoms with Gasteiger partial charge in [0.15, 0.2) is 0 Å². The molecule has 20 heavy (non-hydrogen) atoms. The summed E-state index contributed by atoms with van der Waals surface area (Å²) in [5.41, 5.74) is -0.269. The molecule has 0 saturated heterocycles. The summed E-state index contributed by atoms with van der Waals surface area (Å²) in [7, 11) is 0. The lowest BCUT2D eigenvalue weighted by Gasteiger charge is -2.22. The van der Waals surface area contributed by atoms with E-state index in [1.807, 2.05) is 0 Å². The molecule has 0 aliphatic heterocycles. The van der Waals surface area contributed by atoms with Crippen LogP contribution in [0.4, 0.5) is 0 Å². The molecule has 0 aromatic heterocycles. The van der Waals surface area contributed by atoms with Crippen LogP contribution in [-0.2, 0) is 9.53 Å². The van der Waals surface area contributed by atoms with Gasteiger partial charge in [-0.2, -0.15) is 0 Å². The molecular formula is C14H17Cl2NO3. The first-order chi connectivity index (χ1) is 9.10. The van der Waals surface area contributed by atoms with Crippen molar-refractivity contribution < 1.29 is 14.3 Å². The third-order valence-corrected chi connectivity index (χ3v) is 3.03. The maximum Gasteiger partial charge on any atom is 0.328 e. The van der Waals surface area contributed by atoms with E-state index in [1.165, 1.54) is 18.2 Å². The Morgan fingerprint density at radius 3 is 2.30 bits per heavy atom. The molecule has 1 rings (SSSR count). The summed E-state index contributed by atoms with van der Waals surface area (Å²) in [4.78, 5) is 23.7. The van der Waals surface area contributed by atoms with Gasteiger partial charge >= 0.3 is 5.97 Å². The number of rotatable bonds is 3. The molecule has 0 saturated carbocycles. The maximum absolute atomic E-state index is 12.0. The first kappa shape index (κ1) is 16.8. The van der Waals surface area contributed by atoms with Crippen molar-refractivity contribution in [2.75, 3.05) is 0 Å². The normalized spacial score (nSPS) is 12.7. The number of ether oxygens (including phenoxy) is 1. The SMILES string of the molecule is C[C@H](NC(=O)c1ccc(Cl)c(Cl)c1)C(=O)OC(C)(C)C. The van der Waals surface area contributed by atoms with Gasteiger partial charge in [-0.05, 0) is 45.9 Å². The van der Waals surface area contributed by atoms with Gasteiger partial charge in [0.25, 0.3) is 5.91 Å². The Bertz CT molecular complexity index is 524. The van der Waals surface area contributed by atoms with Crippen molar-refractivity contribution in [1.82, 2.24) is 5.32 Å². The van der Waals surface area contributed by atoms with E-state index in [1.54, 1.807) is 27.7 Å². The van der Waals surface area contributed by atoms with E-state index in [0.717, 1.165) is 0 Å². The van der Waals surface area contributed by atoms with E-state index >= 15 is 0 Å². The van der Waals surface area contributed by atoms with E-state index in [2.05, 4.69) is 5.32 Å². The number of esters is 1. The van der Waals surface area contributed by atoms with Crippen LogP contribution in [0, 0.1) is 0 Å². The van der Waals surface area contributed by atoms with Crippen LogP contribution < -0.4 is 5.32 Å². The van der Waals surface area contributed by atoms with Gasteiger partial charge in [-0.25, -0.2) is 4.79 Å². The minimum atomic E-state index is -0.754. The molecule has 1 amide bonds. The average molecular weight is 318 g/mol. The molecule has 0 heterocycles. The molecule has 1 atom stereocenters. The Kier molecular flexibility index (Phi) is 5.42. The third-order valence-electron chi connectivity index (χ3n) is 2.29. The van der Waals surface area contributed by atoms with Gasteiger partial charge in [0.2, 0.25) is 0 Å². The summed E-state index contributed by atoms with van der Waals surface area (Å²) in [6.45, 7) is 6.85. The Labute approximate surface area is 128 Å². The van der Waals surface area contributed by atoms with Gasteiger partial charge in [0.05, 0.1) is 10.0 Å². The van der Waals surface area contributed by atoms with Crippen molar-refractivity contribution in [3.63, 3.8) is 0 Å². The van der Waals surface area contributed by atoms with Crippen LogP contribution in [0.5, 0.6) is 0 Å². The molecule has 0 aliphatic rings. The van der Waals surface area contributed by atoms with Crippen LogP contribution in [0.1, 0.15) is 38.1 Å². The second-order valence-electron chi connectivity index (χ2n) is 5.36. The van der Waals surface area contributed by atoms with Crippen molar-refractivity contribution in [1.29, 1.82) is 0 Å². The number of hydrogen-bond donors (Lipinski definition) is 1. The average Bonchev–Trinajstić information content (AvgIpc) is 2.30. The van der Waals surface area contributed by atoms with Crippen LogP contribution >= 0.6 is 23.2 Å². The van der Waals surface area contributed by atoms with Crippen LogP contribution in [0.2, 0.25) is 10.0 Å². The summed E-state index contributed by atoms with van der Waals surface area (Å²) in [5.74, 6) is -0.909. The lowest BCUT2D eigenvalue weighted by atomic mass is 10.2. The number of carbonyl (C=O) groups is 2. The summed E-state index contributed by atoms with van der Waals surface area (Å²) in [5, 5.41) is 3.20. The molecule has 1 aromatic carbocycles. The number of hydrogen-bond acceptors (Lipinski definition) is 3. The molecule has 0 fully saturated rings. The third kappa shape index (κ3) is 5.02. The largest absolute Gasteiger partial charge is 0.458 e. The van der Waals surface area contributed by atoms with E-state index < -0.39 is 23.5 Å². The molecule has 0 bridgehead atoms. The van der Waals surface area contributed by atoms with E-state index in [9.17, 15) is 9.59 Å². The Morgan fingerprint density at radius 1 is 1.20 bits per heavy atom. The van der Waals surface area contributed by atoms with Gasteiger partial charge in [0.1, 0.15) is 11.6 Å². The number of benzene rings is 1. The summed E-state index contributed by atoms with van der Waals surface area (Å²) in [6.07, 6.45) is 0. The molecule has 110 valence electrons. The maximum atomic E-state index is 12.0. The monoisotopic (exact) mass is 317 g/mol. The minimum absolute atomic E-state index is 0.282. The summed E-state index contributed by atoms with van der Waals surface area (Å²) in [6, 6.07) is 3.75. The van der Waals surface area contributed by atoms with E-state index in [0.29, 0.717) is 10.6 Å². The lowest BCUT2D eigenvalue weighted by Crippen LogP contribution is -2.42. The number of nitrogens with one attached hydrogen (secondary N) is 1. The summed E-state index contributed by atoms with van der Waals surface area (Å²) < 4.78 is 5.18. The zero-order chi connectivity index (χ0) is 15.5. The molecular weight excluding hydrogens is 301 g/mol. The predicted molar refractivity (Wildman–Crippen MR) is 79.2 cm³/mol.